The van der Waals surface area contributed by atoms with E-state index in [9.17, 15) is 14.4 Å². The summed E-state index contributed by atoms with van der Waals surface area (Å²) in [7, 11) is 2.96. The van der Waals surface area contributed by atoms with Crippen molar-refractivity contribution in [2.45, 2.75) is 0 Å². The van der Waals surface area contributed by atoms with Crippen molar-refractivity contribution in [1.82, 2.24) is 10.2 Å². The van der Waals surface area contributed by atoms with E-state index in [1.165, 1.54) is 20.3 Å². The molecule has 1 aliphatic rings. The number of imide groups is 1. The van der Waals surface area contributed by atoms with Gasteiger partial charge in [0.2, 0.25) is 0 Å². The molecule has 0 radical (unpaired) electrons. The SMILES string of the molecule is COc1ccc(OC)c(C=C2NC(=O)N(CC(=O)O)C2=O)c1. The number of carboxylic acid groups (broad SMARTS) is 1. The van der Waals surface area contributed by atoms with Gasteiger partial charge in [0, 0.05) is 5.56 Å². The second kappa shape index (κ2) is 6.17. The van der Waals surface area contributed by atoms with E-state index >= 15 is 0 Å². The summed E-state index contributed by atoms with van der Waals surface area (Å²) in [4.78, 5) is 35.0. The summed E-state index contributed by atoms with van der Waals surface area (Å²) in [6, 6.07) is 4.19. The molecule has 3 amide bonds. The standard InChI is InChI=1S/C14H14N2O6/c1-21-9-3-4-11(22-2)8(5-9)6-10-13(19)16(7-12(17)18)14(20)15-10/h3-6H,7H2,1-2H3,(H,15,20)(H,17,18). The molecule has 0 atom stereocenters. The van der Waals surface area contributed by atoms with E-state index in [4.69, 9.17) is 14.6 Å². The average Bonchev–Trinajstić information content (AvgIpc) is 2.74. The van der Waals surface area contributed by atoms with Crippen LogP contribution in [-0.2, 0) is 9.59 Å². The molecule has 1 fully saturated rings. The van der Waals surface area contributed by atoms with Crippen molar-refractivity contribution in [2.75, 3.05) is 20.8 Å². The molecule has 0 saturated carbocycles. The van der Waals surface area contributed by atoms with E-state index in [2.05, 4.69) is 5.32 Å². The second-order valence-corrected chi connectivity index (χ2v) is 4.38. The fraction of sp³-hybridized carbons (Fsp3) is 0.214. The van der Waals surface area contributed by atoms with Gasteiger partial charge in [0.25, 0.3) is 5.91 Å². The maximum absolute atomic E-state index is 12.0. The maximum Gasteiger partial charge on any atom is 0.329 e. The highest BCUT2D eigenvalue weighted by molar-refractivity contribution is 6.15. The lowest BCUT2D eigenvalue weighted by molar-refractivity contribution is -0.140. The first-order chi connectivity index (χ1) is 10.5. The van der Waals surface area contributed by atoms with Crippen molar-refractivity contribution < 1.29 is 29.0 Å². The number of methoxy groups -OCH3 is 2. The van der Waals surface area contributed by atoms with Crippen molar-refractivity contribution >= 4 is 24.0 Å². The Labute approximate surface area is 125 Å². The van der Waals surface area contributed by atoms with E-state index in [1.807, 2.05) is 0 Å². The average molecular weight is 306 g/mol. The van der Waals surface area contributed by atoms with Gasteiger partial charge in [-0.05, 0) is 24.3 Å². The number of nitrogens with one attached hydrogen (secondary N) is 1. The van der Waals surface area contributed by atoms with Crippen LogP contribution >= 0.6 is 0 Å². The maximum atomic E-state index is 12.0. The number of carboxylic acids is 1. The Morgan fingerprint density at radius 2 is 2.05 bits per heavy atom. The number of carbonyl (C=O) groups is 3. The van der Waals surface area contributed by atoms with E-state index in [0.717, 1.165) is 0 Å². The van der Waals surface area contributed by atoms with Crippen molar-refractivity contribution in [3.8, 4) is 11.5 Å². The number of benzene rings is 1. The van der Waals surface area contributed by atoms with Gasteiger partial charge in [0.05, 0.1) is 14.2 Å². The summed E-state index contributed by atoms with van der Waals surface area (Å²) in [5.41, 5.74) is 0.487. The van der Waals surface area contributed by atoms with Crippen LogP contribution in [0.3, 0.4) is 0 Å². The molecule has 0 aromatic heterocycles. The van der Waals surface area contributed by atoms with Crippen molar-refractivity contribution in [3.63, 3.8) is 0 Å². The fourth-order valence-corrected chi connectivity index (χ4v) is 1.96. The number of amides is 3. The summed E-state index contributed by atoms with van der Waals surface area (Å²) < 4.78 is 10.3. The van der Waals surface area contributed by atoms with E-state index in [1.54, 1.807) is 18.2 Å². The lowest BCUT2D eigenvalue weighted by atomic mass is 10.1. The molecular formula is C14H14N2O6. The van der Waals surface area contributed by atoms with Gasteiger partial charge < -0.3 is 19.9 Å². The molecule has 2 N–H and O–H groups in total. The molecule has 116 valence electrons. The topological polar surface area (TPSA) is 105 Å². The van der Waals surface area contributed by atoms with Crippen molar-refractivity contribution in [1.29, 1.82) is 0 Å². The minimum atomic E-state index is -1.27. The zero-order valence-electron chi connectivity index (χ0n) is 12.0. The predicted molar refractivity (Wildman–Crippen MR) is 75.4 cm³/mol. The van der Waals surface area contributed by atoms with Gasteiger partial charge in [-0.15, -0.1) is 0 Å². The highest BCUT2D eigenvalue weighted by Crippen LogP contribution is 2.26. The third kappa shape index (κ3) is 3.00. The predicted octanol–water partition coefficient (Wildman–Crippen LogP) is 0.681. The van der Waals surface area contributed by atoms with Crippen molar-refractivity contribution in [2.24, 2.45) is 0 Å². The highest BCUT2D eigenvalue weighted by Gasteiger charge is 2.35. The molecule has 8 nitrogen and oxygen atoms in total. The van der Waals surface area contributed by atoms with Gasteiger partial charge in [0.15, 0.2) is 0 Å². The van der Waals surface area contributed by atoms with Crippen LogP contribution in [0.25, 0.3) is 6.08 Å². The second-order valence-electron chi connectivity index (χ2n) is 4.38. The lowest BCUT2D eigenvalue weighted by Gasteiger charge is -2.08. The zero-order chi connectivity index (χ0) is 16.3. The summed E-state index contributed by atoms with van der Waals surface area (Å²) in [5.74, 6) is -0.958. The van der Waals surface area contributed by atoms with Crippen LogP contribution < -0.4 is 14.8 Å². The largest absolute Gasteiger partial charge is 0.497 e. The quantitative estimate of drug-likeness (QED) is 0.612. The first-order valence-corrected chi connectivity index (χ1v) is 6.24. The first kappa shape index (κ1) is 15.4. The Kier molecular flexibility index (Phi) is 4.31. The zero-order valence-corrected chi connectivity index (χ0v) is 12.0. The normalized spacial score (nSPS) is 15.9. The summed E-state index contributed by atoms with van der Waals surface area (Å²) >= 11 is 0. The van der Waals surface area contributed by atoms with Crippen molar-refractivity contribution in [3.05, 3.63) is 29.5 Å². The van der Waals surface area contributed by atoms with Crippen LogP contribution in [0.1, 0.15) is 5.56 Å². The van der Waals surface area contributed by atoms with Gasteiger partial charge in [-0.2, -0.15) is 0 Å². The van der Waals surface area contributed by atoms with Gasteiger partial charge in [-0.1, -0.05) is 0 Å². The number of nitrogens with zero attached hydrogens (tertiary/aromatic N) is 1. The number of aliphatic carboxylic acids is 1. The fourth-order valence-electron chi connectivity index (χ4n) is 1.96. The minimum Gasteiger partial charge on any atom is -0.497 e. The molecular weight excluding hydrogens is 292 g/mol. The van der Waals surface area contributed by atoms with Gasteiger partial charge in [-0.25, -0.2) is 9.69 Å². The Morgan fingerprint density at radius 3 is 2.64 bits per heavy atom. The van der Waals surface area contributed by atoms with Crippen LogP contribution in [0.5, 0.6) is 11.5 Å². The Balaban J connectivity index is 2.36. The number of hydrogen-bond acceptors (Lipinski definition) is 5. The van der Waals surface area contributed by atoms with E-state index < -0.39 is 24.5 Å². The number of rotatable bonds is 5. The number of hydrogen-bond donors (Lipinski definition) is 2. The summed E-state index contributed by atoms with van der Waals surface area (Å²) in [5, 5.41) is 11.0. The number of carbonyl (C=O) groups excluding carboxylic acids is 2. The molecule has 0 unspecified atom stereocenters. The molecule has 1 aromatic rings. The van der Waals surface area contributed by atoms with Crippen LogP contribution in [0.15, 0.2) is 23.9 Å². The molecule has 22 heavy (non-hydrogen) atoms. The number of urea groups is 1. The Hall–Kier alpha value is -3.03. The van der Waals surface area contributed by atoms with Crippen LogP contribution in [0, 0.1) is 0 Å². The van der Waals surface area contributed by atoms with E-state index in [-0.39, 0.29) is 5.70 Å². The lowest BCUT2D eigenvalue weighted by Crippen LogP contribution is -2.35. The highest BCUT2D eigenvalue weighted by atomic mass is 16.5. The summed E-state index contributed by atoms with van der Waals surface area (Å²) in [6.45, 7) is -0.697. The molecule has 2 rings (SSSR count). The molecule has 0 spiro atoms. The Morgan fingerprint density at radius 1 is 1.32 bits per heavy atom. The molecule has 1 saturated heterocycles. The van der Waals surface area contributed by atoms with Crippen LogP contribution in [0.4, 0.5) is 4.79 Å². The van der Waals surface area contributed by atoms with Crippen LogP contribution in [-0.4, -0.2) is 48.7 Å². The molecule has 8 heteroatoms. The smallest absolute Gasteiger partial charge is 0.329 e. The third-order valence-corrected chi connectivity index (χ3v) is 2.99. The monoisotopic (exact) mass is 306 g/mol. The van der Waals surface area contributed by atoms with Gasteiger partial charge in [-0.3, -0.25) is 9.59 Å². The van der Waals surface area contributed by atoms with E-state index in [0.29, 0.717) is 22.0 Å². The van der Waals surface area contributed by atoms with Crippen LogP contribution in [0.2, 0.25) is 0 Å². The van der Waals surface area contributed by atoms with Gasteiger partial charge in [0.1, 0.15) is 23.7 Å². The molecule has 1 heterocycles. The first-order valence-electron chi connectivity index (χ1n) is 6.24. The molecule has 0 aliphatic carbocycles. The Bertz CT molecular complexity index is 667. The molecule has 1 aromatic carbocycles. The number of ether oxygens (including phenoxy) is 2. The minimum absolute atomic E-state index is 0.0298. The molecule has 0 bridgehead atoms. The summed E-state index contributed by atoms with van der Waals surface area (Å²) in [6.07, 6.45) is 1.41. The van der Waals surface area contributed by atoms with Gasteiger partial charge >= 0.3 is 12.0 Å². The third-order valence-electron chi connectivity index (χ3n) is 2.99. The molecule has 1 aliphatic heterocycles.